The van der Waals surface area contributed by atoms with Crippen molar-refractivity contribution in [3.05, 3.63) is 17.7 Å². The molecule has 1 fully saturated rings. The van der Waals surface area contributed by atoms with Crippen molar-refractivity contribution in [3.63, 3.8) is 0 Å². The van der Waals surface area contributed by atoms with Crippen molar-refractivity contribution in [1.82, 2.24) is 14.9 Å². The predicted molar refractivity (Wildman–Crippen MR) is 60.0 cm³/mol. The van der Waals surface area contributed by atoms with Gasteiger partial charge in [-0.1, -0.05) is 0 Å². The number of nitrogens with zero attached hydrogens (tertiary/aromatic N) is 2. The molecule has 1 N–H and O–H groups in total. The third kappa shape index (κ3) is 1.49. The van der Waals surface area contributed by atoms with E-state index in [0.29, 0.717) is 12.0 Å². The number of aromatic nitrogens is 2. The first kappa shape index (κ1) is 9.40. The molecule has 0 bridgehead atoms. The van der Waals surface area contributed by atoms with Gasteiger partial charge in [-0.15, -0.1) is 0 Å². The van der Waals surface area contributed by atoms with Crippen molar-refractivity contribution in [2.24, 2.45) is 0 Å². The van der Waals surface area contributed by atoms with E-state index in [1.54, 1.807) is 0 Å². The van der Waals surface area contributed by atoms with Crippen molar-refractivity contribution in [2.45, 2.75) is 51.1 Å². The van der Waals surface area contributed by atoms with Crippen molar-refractivity contribution in [3.8, 4) is 0 Å². The molecule has 2 aliphatic heterocycles. The molecule has 15 heavy (non-hydrogen) atoms. The summed E-state index contributed by atoms with van der Waals surface area (Å²) in [6.45, 7) is 4.49. The van der Waals surface area contributed by atoms with Gasteiger partial charge in [0.1, 0.15) is 5.82 Å². The van der Waals surface area contributed by atoms with Crippen LogP contribution in [0.4, 0.5) is 0 Å². The summed E-state index contributed by atoms with van der Waals surface area (Å²) in [5.74, 6) is 1.90. The fourth-order valence-electron chi connectivity index (χ4n) is 3.15. The van der Waals surface area contributed by atoms with E-state index in [0.717, 1.165) is 0 Å². The lowest BCUT2D eigenvalue weighted by Crippen LogP contribution is -2.32. The quantitative estimate of drug-likeness (QED) is 0.758. The molecule has 1 aromatic rings. The van der Waals surface area contributed by atoms with Crippen LogP contribution in [0.2, 0.25) is 0 Å². The molecule has 3 heterocycles. The first-order valence-electron chi connectivity index (χ1n) is 6.11. The maximum atomic E-state index is 4.46. The average molecular weight is 205 g/mol. The lowest BCUT2D eigenvalue weighted by Gasteiger charge is -2.29. The van der Waals surface area contributed by atoms with Gasteiger partial charge in [-0.05, 0) is 39.2 Å². The largest absolute Gasteiger partial charge is 0.332 e. The van der Waals surface area contributed by atoms with Gasteiger partial charge in [0, 0.05) is 30.4 Å². The predicted octanol–water partition coefficient (Wildman–Crippen LogP) is 1.82. The normalized spacial score (nSPS) is 30.5. The van der Waals surface area contributed by atoms with Crippen LogP contribution >= 0.6 is 0 Å². The van der Waals surface area contributed by atoms with Crippen molar-refractivity contribution in [2.75, 3.05) is 6.54 Å². The summed E-state index contributed by atoms with van der Waals surface area (Å²) in [6, 6.07) is 0.708. The lowest BCUT2D eigenvalue weighted by atomic mass is 9.88. The second-order valence-electron chi connectivity index (χ2n) is 4.83. The first-order chi connectivity index (χ1) is 7.36. The monoisotopic (exact) mass is 205 g/mol. The van der Waals surface area contributed by atoms with Crippen LogP contribution in [0.25, 0.3) is 0 Å². The van der Waals surface area contributed by atoms with E-state index in [1.807, 2.05) is 0 Å². The van der Waals surface area contributed by atoms with Crippen molar-refractivity contribution in [1.29, 1.82) is 0 Å². The Bertz CT molecular complexity index is 350. The number of hydrogen-bond donors (Lipinski definition) is 1. The first-order valence-corrected chi connectivity index (χ1v) is 6.11. The molecule has 82 valence electrons. The highest BCUT2D eigenvalue weighted by atomic mass is 15.1. The van der Waals surface area contributed by atoms with Crippen LogP contribution in [0, 0.1) is 6.92 Å². The number of fused-ring (bicyclic) bond motifs is 1. The molecule has 0 spiro atoms. The smallest absolute Gasteiger partial charge is 0.105 e. The fraction of sp³-hybridized carbons (Fsp3) is 0.750. The van der Waals surface area contributed by atoms with E-state index in [1.165, 1.54) is 50.3 Å². The van der Waals surface area contributed by atoms with Crippen LogP contribution in [0.5, 0.6) is 0 Å². The Balaban J connectivity index is 1.91. The average Bonchev–Trinajstić information content (AvgIpc) is 2.88. The van der Waals surface area contributed by atoms with Gasteiger partial charge >= 0.3 is 0 Å². The number of imidazole rings is 1. The maximum absolute atomic E-state index is 4.46. The number of nitrogens with one attached hydrogen (secondary N) is 1. The number of hydrogen-bond acceptors (Lipinski definition) is 2. The molecular formula is C12H19N3. The van der Waals surface area contributed by atoms with Crippen LogP contribution < -0.4 is 5.32 Å². The molecule has 0 radical (unpaired) electrons. The summed E-state index contributed by atoms with van der Waals surface area (Å²) >= 11 is 0. The second-order valence-corrected chi connectivity index (χ2v) is 4.83. The molecule has 3 heteroatoms. The zero-order valence-corrected chi connectivity index (χ0v) is 9.37. The van der Waals surface area contributed by atoms with E-state index in [-0.39, 0.29) is 0 Å². The molecule has 0 aromatic carbocycles. The van der Waals surface area contributed by atoms with Crippen LogP contribution in [0.3, 0.4) is 0 Å². The lowest BCUT2D eigenvalue weighted by molar-refractivity contribution is 0.377. The number of aryl methyl sites for hydroxylation is 1. The van der Waals surface area contributed by atoms with Gasteiger partial charge in [-0.2, -0.15) is 0 Å². The van der Waals surface area contributed by atoms with Crippen LogP contribution in [-0.2, 0) is 6.54 Å². The van der Waals surface area contributed by atoms with Crippen LogP contribution in [0.1, 0.15) is 43.1 Å². The van der Waals surface area contributed by atoms with Gasteiger partial charge in [0.25, 0.3) is 0 Å². The molecule has 2 atom stereocenters. The third-order valence-corrected chi connectivity index (χ3v) is 3.95. The molecule has 3 rings (SSSR count). The topological polar surface area (TPSA) is 29.9 Å². The van der Waals surface area contributed by atoms with Gasteiger partial charge in [-0.25, -0.2) is 4.98 Å². The SMILES string of the molecule is Cc1ncc2n1CCCC2C1CCCN1. The van der Waals surface area contributed by atoms with Gasteiger partial charge < -0.3 is 9.88 Å². The van der Waals surface area contributed by atoms with Gasteiger partial charge in [0.05, 0.1) is 0 Å². The zero-order chi connectivity index (χ0) is 10.3. The minimum Gasteiger partial charge on any atom is -0.332 e. The minimum atomic E-state index is 0.708. The Morgan fingerprint density at radius 2 is 2.33 bits per heavy atom. The highest BCUT2D eigenvalue weighted by Gasteiger charge is 2.30. The summed E-state index contributed by atoms with van der Waals surface area (Å²) in [5, 5.41) is 3.64. The molecule has 0 amide bonds. The molecule has 1 aromatic heterocycles. The standard InChI is InChI=1S/C12H19N3/c1-9-14-8-12-10(4-3-7-15(9)12)11-5-2-6-13-11/h8,10-11,13H,2-7H2,1H3. The van der Waals surface area contributed by atoms with Crippen molar-refractivity contribution < 1.29 is 0 Å². The molecule has 2 unspecified atom stereocenters. The summed E-state index contributed by atoms with van der Waals surface area (Å²) in [7, 11) is 0. The Labute approximate surface area is 90.9 Å². The Morgan fingerprint density at radius 1 is 1.40 bits per heavy atom. The van der Waals surface area contributed by atoms with E-state index in [9.17, 15) is 0 Å². The molecular weight excluding hydrogens is 186 g/mol. The van der Waals surface area contributed by atoms with E-state index in [4.69, 9.17) is 0 Å². The maximum Gasteiger partial charge on any atom is 0.105 e. The summed E-state index contributed by atoms with van der Waals surface area (Å²) in [6.07, 6.45) is 7.43. The molecule has 3 nitrogen and oxygen atoms in total. The molecule has 1 saturated heterocycles. The summed E-state index contributed by atoms with van der Waals surface area (Å²) in [4.78, 5) is 4.46. The van der Waals surface area contributed by atoms with Gasteiger partial charge in [-0.3, -0.25) is 0 Å². The van der Waals surface area contributed by atoms with E-state index < -0.39 is 0 Å². The van der Waals surface area contributed by atoms with Gasteiger partial charge in [0.2, 0.25) is 0 Å². The zero-order valence-electron chi connectivity index (χ0n) is 9.37. The van der Waals surface area contributed by atoms with Crippen molar-refractivity contribution >= 4 is 0 Å². The molecule has 2 aliphatic rings. The van der Waals surface area contributed by atoms with Crippen LogP contribution in [-0.4, -0.2) is 22.1 Å². The summed E-state index contributed by atoms with van der Waals surface area (Å²) < 4.78 is 2.41. The molecule has 0 saturated carbocycles. The second kappa shape index (κ2) is 3.63. The highest BCUT2D eigenvalue weighted by Crippen LogP contribution is 2.33. The highest BCUT2D eigenvalue weighted by molar-refractivity contribution is 5.16. The van der Waals surface area contributed by atoms with E-state index >= 15 is 0 Å². The van der Waals surface area contributed by atoms with Gasteiger partial charge in [0.15, 0.2) is 0 Å². The Kier molecular flexibility index (Phi) is 2.28. The minimum absolute atomic E-state index is 0.708. The fourth-order valence-corrected chi connectivity index (χ4v) is 3.15. The summed E-state index contributed by atoms with van der Waals surface area (Å²) in [5.41, 5.74) is 1.47. The van der Waals surface area contributed by atoms with Crippen LogP contribution in [0.15, 0.2) is 6.20 Å². The third-order valence-electron chi connectivity index (χ3n) is 3.95. The Hall–Kier alpha value is -0.830. The molecule has 0 aliphatic carbocycles. The van der Waals surface area contributed by atoms with E-state index in [2.05, 4.69) is 28.0 Å². The Morgan fingerprint density at radius 3 is 3.13 bits per heavy atom. The number of rotatable bonds is 1.